The molecule has 17 heavy (non-hydrogen) atoms. The number of hydrogen-bond donors (Lipinski definition) is 0. The summed E-state index contributed by atoms with van der Waals surface area (Å²) in [7, 11) is 0. The van der Waals surface area contributed by atoms with E-state index in [0.29, 0.717) is 0 Å². The number of esters is 1. The molecule has 0 unspecified atom stereocenters. The highest BCUT2D eigenvalue weighted by molar-refractivity contribution is 5.77. The molecule has 0 saturated carbocycles. The molecule has 0 N–H and O–H groups in total. The first kappa shape index (κ1) is 15.9. The van der Waals surface area contributed by atoms with Gasteiger partial charge in [0.05, 0.1) is 12.8 Å². The standard InChI is InChI=1S/C12H22O5/c1-11(2,3)15-9(13)7-8-10(14)16-17-12(4,5)6/h7-8H2,1-6H3. The summed E-state index contributed by atoms with van der Waals surface area (Å²) in [6.45, 7) is 10.6. The predicted molar refractivity (Wildman–Crippen MR) is 62.0 cm³/mol. The van der Waals surface area contributed by atoms with Crippen LogP contribution in [0.3, 0.4) is 0 Å². The van der Waals surface area contributed by atoms with Crippen LogP contribution in [-0.4, -0.2) is 23.1 Å². The maximum Gasteiger partial charge on any atom is 0.342 e. The lowest BCUT2D eigenvalue weighted by Crippen LogP contribution is -2.25. The van der Waals surface area contributed by atoms with Crippen LogP contribution in [0.2, 0.25) is 0 Å². The minimum absolute atomic E-state index is 0.0103. The summed E-state index contributed by atoms with van der Waals surface area (Å²) >= 11 is 0. The zero-order valence-electron chi connectivity index (χ0n) is 11.5. The van der Waals surface area contributed by atoms with Gasteiger partial charge in [-0.1, -0.05) is 0 Å². The molecule has 0 radical (unpaired) electrons. The Morgan fingerprint density at radius 2 is 1.29 bits per heavy atom. The van der Waals surface area contributed by atoms with E-state index in [4.69, 9.17) is 9.62 Å². The van der Waals surface area contributed by atoms with Gasteiger partial charge >= 0.3 is 11.9 Å². The van der Waals surface area contributed by atoms with Crippen molar-refractivity contribution < 1.29 is 24.1 Å². The van der Waals surface area contributed by atoms with E-state index in [1.165, 1.54) is 0 Å². The molecule has 0 rings (SSSR count). The van der Waals surface area contributed by atoms with Gasteiger partial charge in [0.25, 0.3) is 0 Å². The van der Waals surface area contributed by atoms with Gasteiger partial charge in [0.2, 0.25) is 0 Å². The summed E-state index contributed by atoms with van der Waals surface area (Å²) in [5, 5.41) is 0. The predicted octanol–water partition coefficient (Wildman–Crippen LogP) is 2.38. The Balaban J connectivity index is 3.82. The van der Waals surface area contributed by atoms with E-state index < -0.39 is 23.1 Å². The molecule has 100 valence electrons. The van der Waals surface area contributed by atoms with E-state index >= 15 is 0 Å². The third-order valence-electron chi connectivity index (χ3n) is 1.34. The Bertz CT molecular complexity index is 270. The molecule has 5 heteroatoms. The molecule has 5 nitrogen and oxygen atoms in total. The lowest BCUT2D eigenvalue weighted by molar-refractivity contribution is -0.320. The average molecular weight is 246 g/mol. The first-order valence-electron chi connectivity index (χ1n) is 5.60. The van der Waals surface area contributed by atoms with Crippen molar-refractivity contribution in [2.75, 3.05) is 0 Å². The summed E-state index contributed by atoms with van der Waals surface area (Å²) in [5.74, 6) is -1.00. The summed E-state index contributed by atoms with van der Waals surface area (Å²) in [6, 6.07) is 0. The fourth-order valence-corrected chi connectivity index (χ4v) is 0.810. The van der Waals surface area contributed by atoms with Gasteiger partial charge in [-0.2, -0.15) is 4.89 Å². The summed E-state index contributed by atoms with van der Waals surface area (Å²) in [6.07, 6.45) is -0.0609. The smallest absolute Gasteiger partial charge is 0.342 e. The number of rotatable bonds is 4. The van der Waals surface area contributed by atoms with Crippen molar-refractivity contribution in [2.24, 2.45) is 0 Å². The molecule has 0 bridgehead atoms. The van der Waals surface area contributed by atoms with Crippen molar-refractivity contribution in [1.82, 2.24) is 0 Å². The van der Waals surface area contributed by atoms with Gasteiger partial charge in [-0.05, 0) is 41.5 Å². The van der Waals surface area contributed by atoms with Crippen molar-refractivity contribution in [3.63, 3.8) is 0 Å². The summed E-state index contributed by atoms with van der Waals surface area (Å²) in [4.78, 5) is 31.9. The molecule has 0 aliphatic rings. The quantitative estimate of drug-likeness (QED) is 0.433. The number of ether oxygens (including phenoxy) is 1. The largest absolute Gasteiger partial charge is 0.460 e. The van der Waals surface area contributed by atoms with Gasteiger partial charge < -0.3 is 4.74 Å². The number of carbonyl (C=O) groups excluding carboxylic acids is 2. The average Bonchev–Trinajstić information content (AvgIpc) is 2.07. The van der Waals surface area contributed by atoms with Crippen molar-refractivity contribution in [1.29, 1.82) is 0 Å². The van der Waals surface area contributed by atoms with E-state index in [1.807, 2.05) is 0 Å². The number of carbonyl (C=O) groups is 2. The monoisotopic (exact) mass is 246 g/mol. The van der Waals surface area contributed by atoms with Crippen LogP contribution in [0.25, 0.3) is 0 Å². The van der Waals surface area contributed by atoms with Crippen LogP contribution in [0.4, 0.5) is 0 Å². The first-order valence-corrected chi connectivity index (χ1v) is 5.60. The minimum atomic E-state index is -0.578. The highest BCUT2D eigenvalue weighted by Gasteiger charge is 2.19. The van der Waals surface area contributed by atoms with Crippen LogP contribution in [0.5, 0.6) is 0 Å². The van der Waals surface area contributed by atoms with Crippen LogP contribution >= 0.6 is 0 Å². The van der Waals surface area contributed by atoms with Crippen LogP contribution in [0, 0.1) is 0 Å². The zero-order chi connectivity index (χ0) is 13.7. The second-order valence-corrected chi connectivity index (χ2v) is 5.74. The molecule has 0 aliphatic carbocycles. The van der Waals surface area contributed by atoms with Gasteiger partial charge in [0.1, 0.15) is 11.2 Å². The van der Waals surface area contributed by atoms with E-state index in [0.717, 1.165) is 0 Å². The molecule has 0 heterocycles. The van der Waals surface area contributed by atoms with Crippen molar-refractivity contribution >= 4 is 11.9 Å². The molecule has 0 atom stereocenters. The number of hydrogen-bond acceptors (Lipinski definition) is 5. The van der Waals surface area contributed by atoms with Gasteiger partial charge in [0, 0.05) is 0 Å². The molecule has 0 amide bonds. The third-order valence-corrected chi connectivity index (χ3v) is 1.34. The van der Waals surface area contributed by atoms with E-state index in [-0.39, 0.29) is 12.8 Å². The SMILES string of the molecule is CC(C)(C)OOC(=O)CCC(=O)OC(C)(C)C. The topological polar surface area (TPSA) is 61.8 Å². The highest BCUT2D eigenvalue weighted by atomic mass is 17.2. The molecule has 0 aliphatic heterocycles. The van der Waals surface area contributed by atoms with Gasteiger partial charge in [-0.3, -0.25) is 9.68 Å². The van der Waals surface area contributed by atoms with Crippen molar-refractivity contribution in [2.45, 2.75) is 65.6 Å². The summed E-state index contributed by atoms with van der Waals surface area (Å²) < 4.78 is 5.05. The lowest BCUT2D eigenvalue weighted by Gasteiger charge is -2.19. The fraction of sp³-hybridized carbons (Fsp3) is 0.833. The molecule has 0 spiro atoms. The van der Waals surface area contributed by atoms with Crippen LogP contribution in [-0.2, 0) is 24.1 Å². The normalized spacial score (nSPS) is 12.1. The van der Waals surface area contributed by atoms with E-state index in [9.17, 15) is 9.59 Å². The fourth-order valence-electron chi connectivity index (χ4n) is 0.810. The van der Waals surface area contributed by atoms with Crippen molar-refractivity contribution in [3.8, 4) is 0 Å². The Kier molecular flexibility index (Phi) is 5.61. The zero-order valence-corrected chi connectivity index (χ0v) is 11.5. The third kappa shape index (κ3) is 11.2. The molecule has 0 aromatic heterocycles. The first-order chi connectivity index (χ1) is 7.49. The van der Waals surface area contributed by atoms with Gasteiger partial charge in [-0.15, -0.1) is 0 Å². The maximum atomic E-state index is 11.3. The molecular formula is C12H22O5. The lowest BCUT2D eigenvalue weighted by atomic mass is 10.2. The Morgan fingerprint density at radius 1 is 0.824 bits per heavy atom. The van der Waals surface area contributed by atoms with Crippen LogP contribution in [0.1, 0.15) is 54.4 Å². The Morgan fingerprint density at radius 3 is 1.71 bits per heavy atom. The molecular weight excluding hydrogens is 224 g/mol. The minimum Gasteiger partial charge on any atom is -0.460 e. The maximum absolute atomic E-state index is 11.3. The van der Waals surface area contributed by atoms with Crippen molar-refractivity contribution in [3.05, 3.63) is 0 Å². The van der Waals surface area contributed by atoms with Gasteiger partial charge in [-0.25, -0.2) is 4.79 Å². The summed E-state index contributed by atoms with van der Waals surface area (Å²) in [5.41, 5.74) is -1.09. The Hall–Kier alpha value is -1.10. The molecule has 0 fully saturated rings. The molecule has 0 aromatic carbocycles. The molecule has 0 aromatic rings. The second kappa shape index (κ2) is 6.00. The van der Waals surface area contributed by atoms with Gasteiger partial charge in [0.15, 0.2) is 0 Å². The highest BCUT2D eigenvalue weighted by Crippen LogP contribution is 2.11. The van der Waals surface area contributed by atoms with Crippen LogP contribution in [0.15, 0.2) is 0 Å². The Labute approximate surface area is 102 Å². The second-order valence-electron chi connectivity index (χ2n) is 5.74. The van der Waals surface area contributed by atoms with Crippen LogP contribution < -0.4 is 0 Å². The van der Waals surface area contributed by atoms with E-state index in [1.54, 1.807) is 41.5 Å². The molecule has 0 saturated heterocycles. The van der Waals surface area contributed by atoms with E-state index in [2.05, 4.69) is 4.89 Å².